The predicted molar refractivity (Wildman–Crippen MR) is 47.7 cm³/mol. The Kier molecular flexibility index (Phi) is 7.96. The van der Waals surface area contributed by atoms with E-state index in [1.807, 2.05) is 0 Å². The fourth-order valence-corrected chi connectivity index (χ4v) is 2.01. The molecule has 4 heteroatoms. The highest BCUT2D eigenvalue weighted by Crippen LogP contribution is 2.02. The fourth-order valence-electron chi connectivity index (χ4n) is 0.669. The Morgan fingerprint density at radius 1 is 1.20 bits per heavy atom. The van der Waals surface area contributed by atoms with E-state index in [0.29, 0.717) is 0 Å². The summed E-state index contributed by atoms with van der Waals surface area (Å²) in [6, 6.07) is 1.07. The molecule has 0 fully saturated rings. The van der Waals surface area contributed by atoms with Gasteiger partial charge in [0.15, 0.2) is 0 Å². The lowest BCUT2D eigenvalue weighted by atomic mass is 10.4. The molecule has 0 bridgehead atoms. The Labute approximate surface area is 70.2 Å². The van der Waals surface area contributed by atoms with E-state index in [9.17, 15) is 0 Å². The lowest BCUT2D eigenvalue weighted by Gasteiger charge is -2.07. The molecule has 1 radical (unpaired) electrons. The molecule has 0 aromatic rings. The zero-order valence-corrected chi connectivity index (χ0v) is 8.49. The fraction of sp³-hybridized carbons (Fsp3) is 1.00. The first kappa shape index (κ1) is 10.5. The van der Waals surface area contributed by atoms with Crippen LogP contribution in [0.3, 0.4) is 0 Å². The molecule has 0 rings (SSSR count). The van der Waals surface area contributed by atoms with Crippen molar-refractivity contribution < 1.29 is 8.85 Å². The van der Waals surface area contributed by atoms with Crippen molar-refractivity contribution in [2.75, 3.05) is 20.0 Å². The zero-order chi connectivity index (χ0) is 7.82. The van der Waals surface area contributed by atoms with Crippen molar-refractivity contribution in [2.24, 2.45) is 0 Å². The number of rotatable bonds is 6. The van der Waals surface area contributed by atoms with Crippen molar-refractivity contribution in [2.45, 2.75) is 18.9 Å². The normalized spacial score (nSPS) is 10.8. The number of hydrogen-bond donors (Lipinski definition) is 1. The van der Waals surface area contributed by atoms with Crippen LogP contribution < -0.4 is 0 Å². The van der Waals surface area contributed by atoms with Crippen LogP contribution in [0.15, 0.2) is 0 Å². The maximum atomic E-state index is 5.10. The molecule has 0 N–H and O–H groups in total. The summed E-state index contributed by atoms with van der Waals surface area (Å²) >= 11 is 4.11. The lowest BCUT2D eigenvalue weighted by molar-refractivity contribution is 0.276. The van der Waals surface area contributed by atoms with Gasteiger partial charge in [-0.1, -0.05) is 6.42 Å². The van der Waals surface area contributed by atoms with Gasteiger partial charge in [-0.2, -0.15) is 12.6 Å². The minimum atomic E-state index is -0.930. The minimum absolute atomic E-state index is 0.930. The third-order valence-electron chi connectivity index (χ3n) is 1.24. The maximum absolute atomic E-state index is 5.10. The second-order valence-corrected chi connectivity index (χ2v) is 4.47. The van der Waals surface area contributed by atoms with Crippen LogP contribution >= 0.6 is 12.6 Å². The summed E-state index contributed by atoms with van der Waals surface area (Å²) in [4.78, 5) is 0. The molecule has 0 aliphatic rings. The smallest absolute Gasteiger partial charge is 0.384 e. The molecule has 0 aliphatic carbocycles. The summed E-state index contributed by atoms with van der Waals surface area (Å²) in [5.41, 5.74) is 0. The Morgan fingerprint density at radius 3 is 2.20 bits per heavy atom. The molecular weight excluding hydrogens is 164 g/mol. The lowest BCUT2D eigenvalue weighted by Crippen LogP contribution is -2.18. The molecular formula is C6H15O2SSi. The van der Waals surface area contributed by atoms with Gasteiger partial charge in [-0.05, 0) is 18.2 Å². The molecule has 0 atom stereocenters. The molecule has 0 saturated carbocycles. The summed E-state index contributed by atoms with van der Waals surface area (Å²) in [5, 5.41) is 0. The van der Waals surface area contributed by atoms with E-state index in [-0.39, 0.29) is 0 Å². The molecule has 0 amide bonds. The van der Waals surface area contributed by atoms with E-state index in [4.69, 9.17) is 8.85 Å². The van der Waals surface area contributed by atoms with Crippen LogP contribution in [0, 0.1) is 0 Å². The van der Waals surface area contributed by atoms with Crippen molar-refractivity contribution in [3.8, 4) is 0 Å². The summed E-state index contributed by atoms with van der Waals surface area (Å²) in [6.07, 6.45) is 2.32. The Balaban J connectivity index is 3.09. The van der Waals surface area contributed by atoms with Gasteiger partial charge < -0.3 is 8.85 Å². The monoisotopic (exact) mass is 179 g/mol. The molecule has 0 saturated heterocycles. The van der Waals surface area contributed by atoms with Crippen molar-refractivity contribution in [3.05, 3.63) is 0 Å². The Morgan fingerprint density at radius 2 is 1.80 bits per heavy atom. The van der Waals surface area contributed by atoms with E-state index in [0.717, 1.165) is 18.2 Å². The summed E-state index contributed by atoms with van der Waals surface area (Å²) in [5.74, 6) is 0.961. The molecule has 0 heterocycles. The Bertz CT molecular complexity index is 68.8. The van der Waals surface area contributed by atoms with Crippen LogP contribution in [0.5, 0.6) is 0 Å². The zero-order valence-electron chi connectivity index (χ0n) is 6.59. The second-order valence-electron chi connectivity index (χ2n) is 1.96. The van der Waals surface area contributed by atoms with Gasteiger partial charge in [-0.15, -0.1) is 0 Å². The maximum Gasteiger partial charge on any atom is 0.384 e. The minimum Gasteiger partial charge on any atom is -0.397 e. The van der Waals surface area contributed by atoms with Gasteiger partial charge in [0.2, 0.25) is 0 Å². The van der Waals surface area contributed by atoms with Gasteiger partial charge in [0.25, 0.3) is 0 Å². The van der Waals surface area contributed by atoms with Crippen molar-refractivity contribution >= 4 is 21.9 Å². The average Bonchev–Trinajstić information content (AvgIpc) is 1.99. The third kappa shape index (κ3) is 5.29. The topological polar surface area (TPSA) is 18.5 Å². The van der Waals surface area contributed by atoms with Crippen molar-refractivity contribution in [1.82, 2.24) is 0 Å². The molecule has 0 unspecified atom stereocenters. The SMILES string of the molecule is CO[Si](CCCCS)OC. The van der Waals surface area contributed by atoms with Gasteiger partial charge in [0, 0.05) is 14.2 Å². The van der Waals surface area contributed by atoms with Crippen molar-refractivity contribution in [3.63, 3.8) is 0 Å². The van der Waals surface area contributed by atoms with Crippen LogP contribution in [0.2, 0.25) is 6.04 Å². The van der Waals surface area contributed by atoms with E-state index in [1.165, 1.54) is 6.42 Å². The van der Waals surface area contributed by atoms with Crippen LogP contribution in [0.1, 0.15) is 12.8 Å². The van der Waals surface area contributed by atoms with Crippen LogP contribution in [0.25, 0.3) is 0 Å². The molecule has 0 aromatic heterocycles. The number of unbranched alkanes of at least 4 members (excludes halogenated alkanes) is 1. The first-order chi connectivity index (χ1) is 4.85. The Hall–Kier alpha value is 0.487. The number of hydrogen-bond acceptors (Lipinski definition) is 3. The van der Waals surface area contributed by atoms with E-state index >= 15 is 0 Å². The van der Waals surface area contributed by atoms with E-state index in [1.54, 1.807) is 14.2 Å². The van der Waals surface area contributed by atoms with Gasteiger partial charge >= 0.3 is 9.28 Å². The molecule has 61 valence electrons. The molecule has 0 spiro atoms. The standard InChI is InChI=1S/C6H15O2SSi/c1-7-10(8-2)6-4-3-5-9/h9H,3-6H2,1-2H3. The summed E-state index contributed by atoms with van der Waals surface area (Å²) < 4.78 is 10.2. The van der Waals surface area contributed by atoms with Crippen molar-refractivity contribution in [1.29, 1.82) is 0 Å². The van der Waals surface area contributed by atoms with Gasteiger partial charge in [0.1, 0.15) is 0 Å². The van der Waals surface area contributed by atoms with Gasteiger partial charge in [-0.25, -0.2) is 0 Å². The average molecular weight is 179 g/mol. The largest absolute Gasteiger partial charge is 0.397 e. The van der Waals surface area contributed by atoms with Crippen LogP contribution in [-0.4, -0.2) is 29.3 Å². The van der Waals surface area contributed by atoms with Crippen LogP contribution in [-0.2, 0) is 8.85 Å². The molecule has 0 aromatic carbocycles. The first-order valence-electron chi connectivity index (χ1n) is 3.39. The summed E-state index contributed by atoms with van der Waals surface area (Å²) in [7, 11) is 2.48. The van der Waals surface area contributed by atoms with Gasteiger partial charge in [-0.3, -0.25) is 0 Å². The predicted octanol–water partition coefficient (Wildman–Crippen LogP) is 1.48. The third-order valence-corrected chi connectivity index (χ3v) is 3.23. The molecule has 0 aliphatic heterocycles. The highest BCUT2D eigenvalue weighted by Gasteiger charge is 2.09. The number of thiol groups is 1. The highest BCUT2D eigenvalue weighted by molar-refractivity contribution is 7.80. The van der Waals surface area contributed by atoms with E-state index < -0.39 is 9.28 Å². The summed E-state index contributed by atoms with van der Waals surface area (Å²) in [6.45, 7) is 0. The second kappa shape index (κ2) is 7.59. The molecule has 2 nitrogen and oxygen atoms in total. The van der Waals surface area contributed by atoms with Crippen LogP contribution in [0.4, 0.5) is 0 Å². The highest BCUT2D eigenvalue weighted by atomic mass is 32.1. The first-order valence-corrected chi connectivity index (χ1v) is 5.55. The van der Waals surface area contributed by atoms with E-state index in [2.05, 4.69) is 12.6 Å². The quantitative estimate of drug-likeness (QED) is 0.378. The van der Waals surface area contributed by atoms with Gasteiger partial charge in [0.05, 0.1) is 0 Å². The molecule has 10 heavy (non-hydrogen) atoms.